The first-order valence-electron chi connectivity index (χ1n) is 6.06. The molecule has 2 heteroatoms. The van der Waals surface area contributed by atoms with Crippen molar-refractivity contribution in [3.8, 4) is 0 Å². The maximum absolute atomic E-state index is 12.1. The Bertz CT molecular complexity index is 386. The summed E-state index contributed by atoms with van der Waals surface area (Å²) in [6, 6.07) is 7.70. The zero-order valence-electron chi connectivity index (χ0n) is 11.4. The minimum Gasteiger partial charge on any atom is -0.374 e. The van der Waals surface area contributed by atoms with Gasteiger partial charge in [-0.1, -0.05) is 39.0 Å². The van der Waals surface area contributed by atoms with Crippen LogP contribution >= 0.6 is 0 Å². The Kier molecular flexibility index (Phi) is 4.47. The Labute approximate surface area is 104 Å². The summed E-state index contributed by atoms with van der Waals surface area (Å²) in [5, 5.41) is 0. The zero-order chi connectivity index (χ0) is 13.1. The molecule has 0 atom stereocenters. The van der Waals surface area contributed by atoms with E-state index in [4.69, 9.17) is 4.74 Å². The van der Waals surface area contributed by atoms with Gasteiger partial charge in [-0.05, 0) is 25.5 Å². The highest BCUT2D eigenvalue weighted by molar-refractivity contribution is 5.99. The fourth-order valence-electron chi connectivity index (χ4n) is 1.50. The van der Waals surface area contributed by atoms with Crippen molar-refractivity contribution in [3.63, 3.8) is 0 Å². The summed E-state index contributed by atoms with van der Waals surface area (Å²) in [6.07, 6.45) is 0.206. The number of hydrogen-bond donors (Lipinski definition) is 0. The summed E-state index contributed by atoms with van der Waals surface area (Å²) >= 11 is 0. The Hall–Kier alpha value is -1.15. The molecule has 94 valence electrons. The van der Waals surface area contributed by atoms with Gasteiger partial charge in [-0.2, -0.15) is 0 Å². The fraction of sp³-hybridized carbons (Fsp3) is 0.533. The van der Waals surface area contributed by atoms with Gasteiger partial charge in [0.05, 0.1) is 12.7 Å². The third kappa shape index (κ3) is 4.31. The maximum atomic E-state index is 12.1. The van der Waals surface area contributed by atoms with Gasteiger partial charge in [0, 0.05) is 11.0 Å². The molecule has 0 saturated heterocycles. The van der Waals surface area contributed by atoms with Gasteiger partial charge in [0.2, 0.25) is 0 Å². The Morgan fingerprint density at radius 2 is 1.94 bits per heavy atom. The molecule has 1 aromatic carbocycles. The van der Waals surface area contributed by atoms with Gasteiger partial charge in [-0.3, -0.25) is 4.79 Å². The number of carbonyl (C=O) groups is 1. The predicted octanol–water partition coefficient (Wildman–Crippen LogP) is 3.84. The van der Waals surface area contributed by atoms with E-state index in [0.717, 1.165) is 11.1 Å². The molecule has 0 aliphatic carbocycles. The van der Waals surface area contributed by atoms with Crippen LogP contribution < -0.4 is 0 Å². The first-order chi connectivity index (χ1) is 7.80. The number of ketones is 1. The number of rotatable bonds is 4. The summed E-state index contributed by atoms with van der Waals surface area (Å²) in [5.41, 5.74) is 1.48. The third-order valence-corrected chi connectivity index (χ3v) is 2.45. The second-order valence-corrected chi connectivity index (χ2v) is 5.64. The molecule has 17 heavy (non-hydrogen) atoms. The van der Waals surface area contributed by atoms with Crippen LogP contribution in [0.25, 0.3) is 0 Å². The highest BCUT2D eigenvalue weighted by Gasteiger charge is 2.22. The second-order valence-electron chi connectivity index (χ2n) is 5.64. The number of ether oxygens (including phenoxy) is 1. The molecule has 0 fully saturated rings. The molecule has 0 unspecified atom stereocenters. The molecule has 0 N–H and O–H groups in total. The van der Waals surface area contributed by atoms with Crippen molar-refractivity contribution in [1.82, 2.24) is 0 Å². The highest BCUT2D eigenvalue weighted by atomic mass is 16.5. The molecule has 0 heterocycles. The minimum atomic E-state index is -0.336. The van der Waals surface area contributed by atoms with Gasteiger partial charge in [-0.25, -0.2) is 0 Å². The molecule has 1 aromatic rings. The van der Waals surface area contributed by atoms with E-state index in [1.165, 1.54) is 0 Å². The number of hydrogen-bond acceptors (Lipinski definition) is 2. The lowest BCUT2D eigenvalue weighted by Gasteiger charge is -2.17. The first kappa shape index (κ1) is 13.9. The lowest BCUT2D eigenvalue weighted by Crippen LogP contribution is -2.20. The van der Waals surface area contributed by atoms with Crippen LogP contribution in [-0.2, 0) is 11.3 Å². The lowest BCUT2D eigenvalue weighted by atomic mass is 9.86. The van der Waals surface area contributed by atoms with Crippen molar-refractivity contribution < 1.29 is 9.53 Å². The van der Waals surface area contributed by atoms with E-state index >= 15 is 0 Å². The predicted molar refractivity (Wildman–Crippen MR) is 70.2 cm³/mol. The SMILES string of the molecule is CC(C)OCc1cccc(C(=O)C(C)(C)C)c1. The van der Waals surface area contributed by atoms with E-state index in [1.54, 1.807) is 0 Å². The van der Waals surface area contributed by atoms with Crippen LogP contribution in [0.15, 0.2) is 24.3 Å². The molecule has 1 rings (SSSR count). The Morgan fingerprint density at radius 3 is 2.47 bits per heavy atom. The standard InChI is InChI=1S/C15H22O2/c1-11(2)17-10-12-7-6-8-13(9-12)14(16)15(3,4)5/h6-9,11H,10H2,1-5H3. The molecule has 0 aliphatic rings. The third-order valence-electron chi connectivity index (χ3n) is 2.45. The topological polar surface area (TPSA) is 26.3 Å². The average molecular weight is 234 g/mol. The quantitative estimate of drug-likeness (QED) is 0.740. The molecule has 0 bridgehead atoms. The number of benzene rings is 1. The van der Waals surface area contributed by atoms with E-state index in [1.807, 2.05) is 58.9 Å². The van der Waals surface area contributed by atoms with Crippen molar-refractivity contribution in [3.05, 3.63) is 35.4 Å². The van der Waals surface area contributed by atoms with E-state index in [9.17, 15) is 4.79 Å². The van der Waals surface area contributed by atoms with E-state index < -0.39 is 0 Å². The molecule has 0 radical (unpaired) electrons. The monoisotopic (exact) mass is 234 g/mol. The van der Waals surface area contributed by atoms with Crippen molar-refractivity contribution in [2.24, 2.45) is 5.41 Å². The number of carbonyl (C=O) groups excluding carboxylic acids is 1. The average Bonchev–Trinajstić information content (AvgIpc) is 2.24. The lowest BCUT2D eigenvalue weighted by molar-refractivity contribution is 0.0656. The van der Waals surface area contributed by atoms with E-state index in [0.29, 0.717) is 6.61 Å². The summed E-state index contributed by atoms with van der Waals surface area (Å²) < 4.78 is 5.54. The van der Waals surface area contributed by atoms with Gasteiger partial charge in [0.15, 0.2) is 5.78 Å². The minimum absolute atomic E-state index is 0.170. The molecule has 0 aliphatic heterocycles. The van der Waals surface area contributed by atoms with Crippen LogP contribution in [0.1, 0.15) is 50.5 Å². The van der Waals surface area contributed by atoms with Crippen LogP contribution in [0.5, 0.6) is 0 Å². The van der Waals surface area contributed by atoms with Crippen LogP contribution in [0.3, 0.4) is 0 Å². The Morgan fingerprint density at radius 1 is 1.29 bits per heavy atom. The van der Waals surface area contributed by atoms with Crippen molar-refractivity contribution in [1.29, 1.82) is 0 Å². The largest absolute Gasteiger partial charge is 0.374 e. The summed E-state index contributed by atoms with van der Waals surface area (Å²) in [7, 11) is 0. The molecule has 0 spiro atoms. The van der Waals surface area contributed by atoms with E-state index in [2.05, 4.69) is 0 Å². The van der Waals surface area contributed by atoms with Crippen molar-refractivity contribution >= 4 is 5.78 Å². The first-order valence-corrected chi connectivity index (χ1v) is 6.06. The number of Topliss-reactive ketones (excluding diaryl/α,β-unsaturated/α-hetero) is 1. The molecule has 2 nitrogen and oxygen atoms in total. The van der Waals surface area contributed by atoms with Crippen molar-refractivity contribution in [2.45, 2.75) is 47.3 Å². The second kappa shape index (κ2) is 5.46. The van der Waals surface area contributed by atoms with Gasteiger partial charge in [0.1, 0.15) is 0 Å². The van der Waals surface area contributed by atoms with Gasteiger partial charge < -0.3 is 4.74 Å². The molecule has 0 aromatic heterocycles. The van der Waals surface area contributed by atoms with Gasteiger partial charge >= 0.3 is 0 Å². The molecule has 0 saturated carbocycles. The molecule has 0 amide bonds. The maximum Gasteiger partial charge on any atom is 0.168 e. The van der Waals surface area contributed by atoms with E-state index in [-0.39, 0.29) is 17.3 Å². The highest BCUT2D eigenvalue weighted by Crippen LogP contribution is 2.21. The van der Waals surface area contributed by atoms with Crippen molar-refractivity contribution in [2.75, 3.05) is 0 Å². The normalized spacial score (nSPS) is 11.9. The van der Waals surface area contributed by atoms with Gasteiger partial charge in [-0.15, -0.1) is 0 Å². The van der Waals surface area contributed by atoms with Crippen LogP contribution in [0.4, 0.5) is 0 Å². The summed E-state index contributed by atoms with van der Waals surface area (Å²) in [5.74, 6) is 0.170. The van der Waals surface area contributed by atoms with Crippen LogP contribution in [-0.4, -0.2) is 11.9 Å². The van der Waals surface area contributed by atoms with Crippen LogP contribution in [0, 0.1) is 5.41 Å². The summed E-state index contributed by atoms with van der Waals surface area (Å²) in [4.78, 5) is 12.1. The van der Waals surface area contributed by atoms with Gasteiger partial charge in [0.25, 0.3) is 0 Å². The summed E-state index contributed by atoms with van der Waals surface area (Å²) in [6.45, 7) is 10.4. The fourth-order valence-corrected chi connectivity index (χ4v) is 1.50. The molecular formula is C15H22O2. The Balaban J connectivity index is 2.83. The molecular weight excluding hydrogens is 212 g/mol. The zero-order valence-corrected chi connectivity index (χ0v) is 11.4. The van der Waals surface area contributed by atoms with Crippen LogP contribution in [0.2, 0.25) is 0 Å². The smallest absolute Gasteiger partial charge is 0.168 e.